The van der Waals surface area contributed by atoms with E-state index in [0.717, 1.165) is 30.9 Å². The van der Waals surface area contributed by atoms with E-state index in [1.54, 1.807) is 0 Å². The molecule has 0 aliphatic carbocycles. The fraction of sp³-hybridized carbons (Fsp3) is 0.643. The van der Waals surface area contributed by atoms with Crippen molar-refractivity contribution in [1.29, 1.82) is 0 Å². The zero-order valence-electron chi connectivity index (χ0n) is 11.9. The van der Waals surface area contributed by atoms with Gasteiger partial charge in [-0.15, -0.1) is 0 Å². The third-order valence-corrected chi connectivity index (χ3v) is 3.22. The maximum absolute atomic E-state index is 9.32. The van der Waals surface area contributed by atoms with Crippen LogP contribution in [0.3, 0.4) is 0 Å². The molecule has 102 valence electrons. The highest BCUT2D eigenvalue weighted by molar-refractivity contribution is 5.35. The Balaban J connectivity index is 2.58. The van der Waals surface area contributed by atoms with Crippen LogP contribution >= 0.6 is 0 Å². The van der Waals surface area contributed by atoms with Gasteiger partial charge >= 0.3 is 0 Å². The molecular formula is C14H25N3O. The molecule has 0 spiro atoms. The third-order valence-electron chi connectivity index (χ3n) is 3.22. The van der Waals surface area contributed by atoms with Crippen LogP contribution in [0.2, 0.25) is 0 Å². The number of nitrogens with zero attached hydrogens (tertiary/aromatic N) is 2. The molecule has 1 aromatic heterocycles. The fourth-order valence-corrected chi connectivity index (χ4v) is 1.48. The van der Waals surface area contributed by atoms with Gasteiger partial charge < -0.3 is 10.4 Å². The Hall–Kier alpha value is -1.13. The van der Waals surface area contributed by atoms with Gasteiger partial charge in [-0.05, 0) is 38.9 Å². The summed E-state index contributed by atoms with van der Waals surface area (Å²) in [5.41, 5.74) is 0.945. The summed E-state index contributed by atoms with van der Waals surface area (Å²) in [4.78, 5) is 6.51. The van der Waals surface area contributed by atoms with Crippen LogP contribution in [0, 0.1) is 0 Å². The smallest absolute Gasteiger partial charge is 0.125 e. The largest absolute Gasteiger partial charge is 0.394 e. The zero-order valence-corrected chi connectivity index (χ0v) is 11.9. The maximum Gasteiger partial charge on any atom is 0.125 e. The van der Waals surface area contributed by atoms with E-state index in [2.05, 4.69) is 28.2 Å². The molecule has 4 heteroatoms. The maximum atomic E-state index is 9.32. The van der Waals surface area contributed by atoms with Gasteiger partial charge in [0.1, 0.15) is 5.82 Å². The van der Waals surface area contributed by atoms with Crippen molar-refractivity contribution < 1.29 is 5.11 Å². The number of pyridine rings is 1. The van der Waals surface area contributed by atoms with Crippen molar-refractivity contribution in [2.24, 2.45) is 0 Å². The lowest BCUT2D eigenvalue weighted by atomic mass is 10.0. The predicted molar refractivity (Wildman–Crippen MR) is 75.6 cm³/mol. The summed E-state index contributed by atoms with van der Waals surface area (Å²) < 4.78 is 0. The second kappa shape index (κ2) is 6.71. The van der Waals surface area contributed by atoms with Crippen LogP contribution in [-0.2, 0) is 6.54 Å². The number of rotatable bonds is 7. The SMILES string of the molecule is CCCNc1ccc(CN(C)C(C)(C)CO)cn1. The molecule has 0 amide bonds. The molecular weight excluding hydrogens is 226 g/mol. The first-order valence-corrected chi connectivity index (χ1v) is 6.50. The molecule has 0 unspecified atom stereocenters. The van der Waals surface area contributed by atoms with Gasteiger partial charge in [-0.25, -0.2) is 4.98 Å². The molecule has 0 aliphatic rings. The van der Waals surface area contributed by atoms with Crippen LogP contribution in [-0.4, -0.2) is 40.7 Å². The summed E-state index contributed by atoms with van der Waals surface area (Å²) in [6.07, 6.45) is 2.98. The number of anilines is 1. The van der Waals surface area contributed by atoms with Crippen molar-refractivity contribution in [1.82, 2.24) is 9.88 Å². The first-order valence-electron chi connectivity index (χ1n) is 6.50. The van der Waals surface area contributed by atoms with E-state index < -0.39 is 0 Å². The second-order valence-electron chi connectivity index (χ2n) is 5.31. The van der Waals surface area contributed by atoms with Crippen LogP contribution in [0.1, 0.15) is 32.8 Å². The standard InChI is InChI=1S/C14H25N3O/c1-5-8-15-13-7-6-12(9-16-13)10-17(4)14(2,3)11-18/h6-7,9,18H,5,8,10-11H2,1-4H3,(H,15,16). The lowest BCUT2D eigenvalue weighted by molar-refractivity contribution is 0.0733. The van der Waals surface area contributed by atoms with Gasteiger partial charge in [0.15, 0.2) is 0 Å². The second-order valence-corrected chi connectivity index (χ2v) is 5.31. The van der Waals surface area contributed by atoms with Crippen LogP contribution in [0.4, 0.5) is 5.82 Å². The van der Waals surface area contributed by atoms with Crippen LogP contribution in [0.15, 0.2) is 18.3 Å². The number of aliphatic hydroxyl groups excluding tert-OH is 1. The highest BCUT2D eigenvalue weighted by Crippen LogP contribution is 2.15. The van der Waals surface area contributed by atoms with Gasteiger partial charge in [0.05, 0.1) is 6.61 Å². The zero-order chi connectivity index (χ0) is 13.6. The van der Waals surface area contributed by atoms with E-state index in [-0.39, 0.29) is 12.1 Å². The van der Waals surface area contributed by atoms with Crippen molar-refractivity contribution >= 4 is 5.82 Å². The number of aromatic nitrogens is 1. The number of nitrogens with one attached hydrogen (secondary N) is 1. The Kier molecular flexibility index (Phi) is 5.56. The van der Waals surface area contributed by atoms with Crippen LogP contribution in [0.25, 0.3) is 0 Å². The Morgan fingerprint density at radius 1 is 1.39 bits per heavy atom. The van der Waals surface area contributed by atoms with Gasteiger partial charge in [-0.3, -0.25) is 4.90 Å². The van der Waals surface area contributed by atoms with Crippen molar-refractivity contribution in [2.75, 3.05) is 25.5 Å². The summed E-state index contributed by atoms with van der Waals surface area (Å²) in [6.45, 7) is 8.06. The molecule has 0 radical (unpaired) electrons. The lowest BCUT2D eigenvalue weighted by Gasteiger charge is -2.33. The molecule has 2 N–H and O–H groups in total. The van der Waals surface area contributed by atoms with E-state index in [4.69, 9.17) is 0 Å². The molecule has 0 saturated heterocycles. The molecule has 0 aromatic carbocycles. The van der Waals surface area contributed by atoms with Gasteiger partial charge in [-0.1, -0.05) is 13.0 Å². The van der Waals surface area contributed by atoms with E-state index in [1.165, 1.54) is 0 Å². The molecule has 0 bridgehead atoms. The average Bonchev–Trinajstić information content (AvgIpc) is 2.37. The first kappa shape index (κ1) is 14.9. The Bertz CT molecular complexity index is 349. The number of likely N-dealkylation sites (N-methyl/N-ethyl adjacent to an activating group) is 1. The Morgan fingerprint density at radius 2 is 2.11 bits per heavy atom. The molecule has 0 aliphatic heterocycles. The van der Waals surface area contributed by atoms with Crippen molar-refractivity contribution in [3.8, 4) is 0 Å². The van der Waals surface area contributed by atoms with Crippen molar-refractivity contribution in [2.45, 2.75) is 39.3 Å². The number of hydrogen-bond donors (Lipinski definition) is 2. The van der Waals surface area contributed by atoms with Crippen LogP contribution in [0.5, 0.6) is 0 Å². The molecule has 18 heavy (non-hydrogen) atoms. The molecule has 1 heterocycles. The fourth-order valence-electron chi connectivity index (χ4n) is 1.48. The normalized spacial score (nSPS) is 11.9. The van der Waals surface area contributed by atoms with E-state index in [9.17, 15) is 5.11 Å². The minimum absolute atomic E-state index is 0.146. The summed E-state index contributed by atoms with van der Waals surface area (Å²) in [6, 6.07) is 4.08. The molecule has 4 nitrogen and oxygen atoms in total. The first-order chi connectivity index (χ1) is 8.49. The van der Waals surface area contributed by atoms with Gasteiger partial charge in [0.2, 0.25) is 0 Å². The van der Waals surface area contributed by atoms with Crippen molar-refractivity contribution in [3.05, 3.63) is 23.9 Å². The Labute approximate surface area is 110 Å². The minimum atomic E-state index is -0.209. The van der Waals surface area contributed by atoms with E-state index >= 15 is 0 Å². The summed E-state index contributed by atoms with van der Waals surface area (Å²) in [5, 5.41) is 12.6. The summed E-state index contributed by atoms with van der Waals surface area (Å²) in [7, 11) is 2.01. The average molecular weight is 251 g/mol. The summed E-state index contributed by atoms with van der Waals surface area (Å²) in [5.74, 6) is 0.921. The predicted octanol–water partition coefficient (Wildman–Crippen LogP) is 2.11. The highest BCUT2D eigenvalue weighted by atomic mass is 16.3. The molecule has 1 rings (SSSR count). The molecule has 0 atom stereocenters. The monoisotopic (exact) mass is 251 g/mol. The quantitative estimate of drug-likeness (QED) is 0.779. The highest BCUT2D eigenvalue weighted by Gasteiger charge is 2.22. The van der Waals surface area contributed by atoms with Gasteiger partial charge in [0.25, 0.3) is 0 Å². The van der Waals surface area contributed by atoms with Gasteiger partial charge in [-0.2, -0.15) is 0 Å². The Morgan fingerprint density at radius 3 is 2.61 bits per heavy atom. The van der Waals surface area contributed by atoms with Crippen LogP contribution < -0.4 is 5.32 Å². The topological polar surface area (TPSA) is 48.4 Å². The molecule has 0 saturated carbocycles. The lowest BCUT2D eigenvalue weighted by Crippen LogP contribution is -2.43. The van der Waals surface area contributed by atoms with Gasteiger partial charge in [0, 0.05) is 24.8 Å². The number of aliphatic hydroxyl groups is 1. The minimum Gasteiger partial charge on any atom is -0.394 e. The third kappa shape index (κ3) is 4.27. The van der Waals surface area contributed by atoms with E-state index in [0.29, 0.717) is 0 Å². The molecule has 1 aromatic rings. The van der Waals surface area contributed by atoms with Crippen molar-refractivity contribution in [3.63, 3.8) is 0 Å². The summed E-state index contributed by atoms with van der Waals surface area (Å²) >= 11 is 0. The molecule has 0 fully saturated rings. The van der Waals surface area contributed by atoms with E-state index in [1.807, 2.05) is 33.2 Å². The number of hydrogen-bond acceptors (Lipinski definition) is 4.